The molecule has 0 aliphatic carbocycles. The van der Waals surface area contributed by atoms with Crippen molar-refractivity contribution in [2.45, 2.75) is 147 Å². The second-order valence-electron chi connectivity index (χ2n) is 16.7. The number of hydrogen-bond acceptors (Lipinski definition) is 13. The highest BCUT2D eigenvalue weighted by atomic mass is 35.5. The molecule has 4 rings (SSSR count). The Kier molecular flexibility index (Phi) is 15.3. The van der Waals surface area contributed by atoms with E-state index in [0.717, 1.165) is 5.56 Å². The van der Waals surface area contributed by atoms with Crippen LogP contribution in [-0.2, 0) is 39.6 Å². The van der Waals surface area contributed by atoms with Gasteiger partial charge in [0, 0.05) is 36.1 Å². The van der Waals surface area contributed by atoms with Crippen LogP contribution in [-0.4, -0.2) is 139 Å². The fraction of sp³-hybridized carbons (Fsp3) is 0.775. The predicted octanol–water partition coefficient (Wildman–Crippen LogP) is 4.79. The lowest BCUT2D eigenvalue weighted by molar-refractivity contribution is -0.299. The van der Waals surface area contributed by atoms with Gasteiger partial charge in [-0.05, 0) is 99.0 Å². The van der Waals surface area contributed by atoms with Gasteiger partial charge in [-0.15, -0.1) is 0 Å². The Morgan fingerprint density at radius 2 is 1.78 bits per heavy atom. The number of hydrogen-bond donors (Lipinski definition) is 3. The van der Waals surface area contributed by atoms with Gasteiger partial charge in [-0.3, -0.25) is 9.69 Å². The summed E-state index contributed by atoms with van der Waals surface area (Å²) in [5, 5.41) is 27.3. The number of benzene rings is 1. The third kappa shape index (κ3) is 10.6. The summed E-state index contributed by atoms with van der Waals surface area (Å²) in [4.78, 5) is 44.5. The number of aliphatic hydroxyl groups excluding tert-OH is 1. The summed E-state index contributed by atoms with van der Waals surface area (Å²) in [5.74, 6) is -2.82. The highest BCUT2D eigenvalue weighted by molar-refractivity contribution is 6.31. The quantitative estimate of drug-likeness (QED) is 0.243. The molecule has 3 heterocycles. The maximum atomic E-state index is 14.3. The van der Waals surface area contributed by atoms with Crippen molar-refractivity contribution in [3.63, 3.8) is 0 Å². The number of amides is 1. The van der Waals surface area contributed by atoms with Crippen LogP contribution in [0, 0.1) is 17.8 Å². The molecule has 0 saturated carbocycles. The standard InChI is InChI=1S/C40H64ClN3O11/c1-12-30-40(8)34(54-38(48)55-40)26(6)44(11)21-22(2)20-39(7,49)33(53-36-31(45)29(43(9)10)19-23(3)50-36)24(4)32(25(5)35(46)51-30)52-37(47)42-18-17-27-15-13-14-16-28(27)41/h13-16,22-26,29-34,36,45,49H,12,17-21H2,1-11H3,(H,42,47)/t22-,23-,24+,25-,26-,29+,30-,31-,32+,33-,34-,36+,39-,40-/m1/s1. The maximum Gasteiger partial charge on any atom is 0.509 e. The Hall–Kier alpha value is -2.72. The van der Waals surface area contributed by atoms with Gasteiger partial charge in [-0.25, -0.2) is 9.59 Å². The topological polar surface area (TPSA) is 166 Å². The molecule has 0 bridgehead atoms. The third-order valence-electron chi connectivity index (χ3n) is 11.7. The largest absolute Gasteiger partial charge is 0.509 e. The lowest BCUT2D eigenvalue weighted by atomic mass is 9.77. The number of cyclic esters (lactones) is 1. The van der Waals surface area contributed by atoms with Crippen LogP contribution in [0.25, 0.3) is 0 Å². The first-order valence-electron chi connectivity index (χ1n) is 19.6. The molecule has 14 nitrogen and oxygen atoms in total. The van der Waals surface area contributed by atoms with E-state index in [4.69, 9.17) is 40.0 Å². The van der Waals surface area contributed by atoms with Gasteiger partial charge in [-0.1, -0.05) is 50.6 Å². The zero-order valence-corrected chi connectivity index (χ0v) is 35.1. The van der Waals surface area contributed by atoms with E-state index in [-0.39, 0.29) is 37.1 Å². The van der Waals surface area contributed by atoms with Gasteiger partial charge in [0.1, 0.15) is 18.3 Å². The van der Waals surface area contributed by atoms with Gasteiger partial charge in [0.05, 0.1) is 23.7 Å². The van der Waals surface area contributed by atoms with Crippen molar-refractivity contribution in [3.05, 3.63) is 34.9 Å². The summed E-state index contributed by atoms with van der Waals surface area (Å²) in [5.41, 5.74) is -2.09. The Bertz CT molecular complexity index is 1470. The fourth-order valence-electron chi connectivity index (χ4n) is 8.71. The molecule has 55 heavy (non-hydrogen) atoms. The zero-order chi connectivity index (χ0) is 41.0. The van der Waals surface area contributed by atoms with Crippen molar-refractivity contribution in [1.29, 1.82) is 0 Å². The van der Waals surface area contributed by atoms with Crippen LogP contribution in [0.4, 0.5) is 9.59 Å². The fourth-order valence-corrected chi connectivity index (χ4v) is 8.94. The second kappa shape index (κ2) is 18.7. The van der Waals surface area contributed by atoms with E-state index in [1.807, 2.05) is 76.8 Å². The number of esters is 1. The van der Waals surface area contributed by atoms with Crippen LogP contribution in [0.2, 0.25) is 5.02 Å². The molecular weight excluding hydrogens is 734 g/mol. The molecule has 0 spiro atoms. The Morgan fingerprint density at radius 1 is 1.11 bits per heavy atom. The van der Waals surface area contributed by atoms with Gasteiger partial charge >= 0.3 is 18.2 Å². The summed E-state index contributed by atoms with van der Waals surface area (Å²) in [7, 11) is 5.64. The number of halogens is 1. The normalized spacial score (nSPS) is 39.5. The number of aliphatic hydroxyl groups is 2. The molecule has 1 aromatic rings. The predicted molar refractivity (Wildman–Crippen MR) is 205 cm³/mol. The van der Waals surface area contributed by atoms with E-state index in [2.05, 4.69) is 5.32 Å². The average molecular weight is 798 g/mol. The number of alkyl carbamates (subject to hydrolysis) is 1. The number of nitrogens with zero attached hydrogens (tertiary/aromatic N) is 2. The highest BCUT2D eigenvalue weighted by Gasteiger charge is 2.58. The van der Waals surface area contributed by atoms with E-state index in [1.165, 1.54) is 0 Å². The minimum Gasteiger partial charge on any atom is -0.458 e. The molecule has 0 aromatic heterocycles. The molecule has 15 heteroatoms. The van der Waals surface area contributed by atoms with E-state index in [1.54, 1.807) is 33.8 Å². The van der Waals surface area contributed by atoms with Gasteiger partial charge in [-0.2, -0.15) is 0 Å². The van der Waals surface area contributed by atoms with Crippen LogP contribution >= 0.6 is 11.6 Å². The molecule has 3 fully saturated rings. The van der Waals surface area contributed by atoms with Crippen LogP contribution in [0.5, 0.6) is 0 Å². The number of nitrogens with one attached hydrogen (secondary N) is 1. The van der Waals surface area contributed by atoms with E-state index >= 15 is 0 Å². The summed E-state index contributed by atoms with van der Waals surface area (Å²) in [6, 6.07) is 6.65. The van der Waals surface area contributed by atoms with Crippen molar-refractivity contribution >= 4 is 29.8 Å². The van der Waals surface area contributed by atoms with Gasteiger partial charge in [0.2, 0.25) is 0 Å². The highest BCUT2D eigenvalue weighted by Crippen LogP contribution is 2.40. The first-order chi connectivity index (χ1) is 25.7. The molecule has 3 saturated heterocycles. The summed E-state index contributed by atoms with van der Waals surface area (Å²) in [6.07, 6.45) is -6.67. The Morgan fingerprint density at radius 3 is 2.42 bits per heavy atom. The zero-order valence-electron chi connectivity index (χ0n) is 34.3. The van der Waals surface area contributed by atoms with Crippen molar-refractivity contribution in [2.75, 3.05) is 34.2 Å². The molecule has 0 unspecified atom stereocenters. The van der Waals surface area contributed by atoms with Gasteiger partial charge in [0.25, 0.3) is 0 Å². The minimum absolute atomic E-state index is 0.148. The monoisotopic (exact) mass is 797 g/mol. The van der Waals surface area contributed by atoms with Crippen molar-refractivity contribution in [2.24, 2.45) is 17.8 Å². The first kappa shape index (κ1) is 45.0. The molecule has 312 valence electrons. The number of fused-ring (bicyclic) bond motifs is 1. The molecule has 3 N–H and O–H groups in total. The Labute approximate surface area is 331 Å². The van der Waals surface area contributed by atoms with Crippen molar-refractivity contribution in [1.82, 2.24) is 15.1 Å². The lowest BCUT2D eigenvalue weighted by Gasteiger charge is -2.47. The molecular formula is C40H64ClN3O11. The Balaban J connectivity index is 1.75. The molecule has 14 atom stereocenters. The number of ether oxygens (including phenoxy) is 6. The molecule has 3 aliphatic heterocycles. The van der Waals surface area contributed by atoms with E-state index in [9.17, 15) is 24.6 Å². The molecule has 0 radical (unpaired) electrons. The third-order valence-corrected chi connectivity index (χ3v) is 12.1. The van der Waals surface area contributed by atoms with Crippen molar-refractivity contribution < 1.29 is 53.0 Å². The first-order valence-corrected chi connectivity index (χ1v) is 19.9. The SMILES string of the molecule is CC[C@H]1OC(=O)[C@H](C)[C@@H](OC(=O)NCCc2ccccc2Cl)[C@H](C)[C@@H](O[C@@H]2O[C@H](C)C[C@H](N(C)C)[C@H]2O)[C@](C)(O)C[C@@H](C)CN(C)[C@H](C)[C@H]2OC(=O)O[C@@]21C. The average Bonchev–Trinajstić information content (AvgIpc) is 3.42. The van der Waals surface area contributed by atoms with Crippen molar-refractivity contribution in [3.8, 4) is 0 Å². The molecule has 1 amide bonds. The molecule has 1 aromatic carbocycles. The van der Waals surface area contributed by atoms with Crippen LogP contribution in [0.15, 0.2) is 24.3 Å². The summed E-state index contributed by atoms with van der Waals surface area (Å²) in [6.45, 7) is 15.0. The van der Waals surface area contributed by atoms with Crippen LogP contribution in [0.1, 0.15) is 80.2 Å². The summed E-state index contributed by atoms with van der Waals surface area (Å²) < 4.78 is 36.6. The summed E-state index contributed by atoms with van der Waals surface area (Å²) >= 11 is 6.34. The van der Waals surface area contributed by atoms with Gasteiger partial charge < -0.3 is 48.9 Å². The molecule has 3 aliphatic rings. The van der Waals surface area contributed by atoms with E-state index < -0.39 is 78.1 Å². The van der Waals surface area contributed by atoms with Gasteiger partial charge in [0.15, 0.2) is 18.0 Å². The number of likely N-dealkylation sites (N-methyl/N-ethyl adjacent to an activating group) is 2. The van der Waals surface area contributed by atoms with Crippen LogP contribution in [0.3, 0.4) is 0 Å². The number of carbonyl (C=O) groups is 3. The number of rotatable bonds is 8. The maximum absolute atomic E-state index is 14.3. The van der Waals surface area contributed by atoms with E-state index in [0.29, 0.717) is 30.8 Å². The second-order valence-corrected chi connectivity index (χ2v) is 17.1. The number of carbonyl (C=O) groups excluding carboxylic acids is 3. The minimum atomic E-state index is -1.60. The van der Waals surface area contributed by atoms with Crippen LogP contribution < -0.4 is 5.32 Å². The lowest BCUT2D eigenvalue weighted by Crippen LogP contribution is -2.59. The smallest absolute Gasteiger partial charge is 0.458 e.